The fraction of sp³-hybridized carbons (Fsp3) is 0.676. The number of hydrogen-bond acceptors (Lipinski definition) is 6. The molecule has 1 aromatic carbocycles. The Hall–Kier alpha value is -2.35. The molecule has 0 saturated heterocycles. The highest BCUT2D eigenvalue weighted by molar-refractivity contribution is 6.76. The van der Waals surface area contributed by atoms with Gasteiger partial charge in [-0.25, -0.2) is 14.1 Å². The van der Waals surface area contributed by atoms with Gasteiger partial charge in [-0.05, 0) is 81.2 Å². The Kier molecular flexibility index (Phi) is 9.33. The van der Waals surface area contributed by atoms with E-state index in [1.807, 2.05) is 30.0 Å². The van der Waals surface area contributed by atoms with Crippen LogP contribution in [0.3, 0.4) is 0 Å². The van der Waals surface area contributed by atoms with Gasteiger partial charge in [0.15, 0.2) is 5.82 Å². The maximum atomic E-state index is 16.0. The number of halogens is 1. The van der Waals surface area contributed by atoms with Crippen molar-refractivity contribution >= 4 is 33.2 Å². The SMILES string of the molecule is CC(C)(C)OC(=O)Cc1cc(F)c2c(c1)nc(-c1nn(COCC[Si](C)(C)C)c3c1C[C@@H]1C[C@]1(C)C3)n2COCC[Si](C)(C)C. The molecular weight excluding hydrogens is 604 g/mol. The molecule has 45 heavy (non-hydrogen) atoms. The lowest BCUT2D eigenvalue weighted by molar-refractivity contribution is -0.153. The highest BCUT2D eigenvalue weighted by atomic mass is 28.3. The third kappa shape index (κ3) is 8.33. The molecule has 0 amide bonds. The van der Waals surface area contributed by atoms with E-state index in [0.29, 0.717) is 53.7 Å². The molecule has 2 aromatic heterocycles. The molecule has 3 aromatic rings. The maximum absolute atomic E-state index is 16.0. The largest absolute Gasteiger partial charge is 0.460 e. The number of imidazole rings is 1. The third-order valence-corrected chi connectivity index (χ3v) is 12.4. The number of fused-ring (bicyclic) bond motifs is 3. The van der Waals surface area contributed by atoms with Crippen LogP contribution in [0, 0.1) is 17.2 Å². The minimum atomic E-state index is -1.31. The van der Waals surface area contributed by atoms with Gasteiger partial charge in [0.25, 0.3) is 0 Å². The second kappa shape index (κ2) is 12.4. The Bertz CT molecular complexity index is 1560. The van der Waals surface area contributed by atoms with Crippen LogP contribution in [0.5, 0.6) is 0 Å². The Morgan fingerprint density at radius 3 is 2.31 bits per heavy atom. The molecule has 11 heteroatoms. The van der Waals surface area contributed by atoms with Gasteiger partial charge in [-0.15, -0.1) is 0 Å². The molecule has 2 atom stereocenters. The molecule has 1 saturated carbocycles. The summed E-state index contributed by atoms with van der Waals surface area (Å²) in [5.74, 6) is 0.395. The van der Waals surface area contributed by atoms with Gasteiger partial charge in [-0.2, -0.15) is 5.10 Å². The topological polar surface area (TPSA) is 80.4 Å². The standard InChI is InChI=1S/C34H53FN4O4Si2/c1-33(2,3)43-29(40)17-23-15-26(35)31-27(16-23)36-32(38(31)21-41-11-13-44(5,6)7)30-25-18-24-19-34(24,4)20-28(25)39(37-30)22-42-12-14-45(8,9)10/h15-16,24H,11-14,17-22H2,1-10H3/t24-,34-/m1/s1. The van der Waals surface area contributed by atoms with Crippen molar-refractivity contribution in [2.75, 3.05) is 13.2 Å². The van der Waals surface area contributed by atoms with E-state index in [9.17, 15) is 4.79 Å². The van der Waals surface area contributed by atoms with Crippen molar-refractivity contribution in [1.29, 1.82) is 0 Å². The minimum absolute atomic E-state index is 0.0297. The van der Waals surface area contributed by atoms with Gasteiger partial charge in [0.2, 0.25) is 0 Å². The third-order valence-electron chi connectivity index (χ3n) is 8.99. The summed E-state index contributed by atoms with van der Waals surface area (Å²) < 4.78 is 37.7. The molecule has 2 aliphatic rings. The smallest absolute Gasteiger partial charge is 0.310 e. The van der Waals surface area contributed by atoms with Gasteiger partial charge < -0.3 is 14.2 Å². The van der Waals surface area contributed by atoms with Crippen molar-refractivity contribution in [2.45, 2.75) is 124 Å². The zero-order valence-corrected chi connectivity index (χ0v) is 31.1. The predicted molar refractivity (Wildman–Crippen MR) is 182 cm³/mol. The molecule has 0 spiro atoms. The zero-order valence-electron chi connectivity index (χ0n) is 29.1. The molecule has 1 fully saturated rings. The number of carbonyl (C=O) groups excluding carboxylic acids is 1. The minimum Gasteiger partial charge on any atom is -0.460 e. The summed E-state index contributed by atoms with van der Waals surface area (Å²) in [6.07, 6.45) is 3.06. The zero-order chi connectivity index (χ0) is 32.9. The predicted octanol–water partition coefficient (Wildman–Crippen LogP) is 7.67. The highest BCUT2D eigenvalue weighted by Gasteiger charge is 2.54. The molecule has 0 N–H and O–H groups in total. The fourth-order valence-corrected chi connectivity index (χ4v) is 7.70. The Morgan fingerprint density at radius 1 is 1.04 bits per heavy atom. The van der Waals surface area contributed by atoms with Gasteiger partial charge in [-0.3, -0.25) is 9.36 Å². The lowest BCUT2D eigenvalue weighted by Gasteiger charge is -2.20. The van der Waals surface area contributed by atoms with E-state index in [1.165, 1.54) is 23.7 Å². The monoisotopic (exact) mass is 656 g/mol. The van der Waals surface area contributed by atoms with Crippen LogP contribution < -0.4 is 0 Å². The maximum Gasteiger partial charge on any atom is 0.310 e. The summed E-state index contributed by atoms with van der Waals surface area (Å²) in [4.78, 5) is 17.6. The highest BCUT2D eigenvalue weighted by Crippen LogP contribution is 2.60. The molecule has 0 unspecified atom stereocenters. The van der Waals surface area contributed by atoms with Crippen LogP contribution in [-0.2, 0) is 51.7 Å². The molecule has 8 nitrogen and oxygen atoms in total. The van der Waals surface area contributed by atoms with Gasteiger partial charge in [-0.1, -0.05) is 46.2 Å². The molecule has 0 aliphatic heterocycles. The van der Waals surface area contributed by atoms with Crippen molar-refractivity contribution < 1.29 is 23.4 Å². The quantitative estimate of drug-likeness (QED) is 0.107. The van der Waals surface area contributed by atoms with Gasteiger partial charge in [0, 0.05) is 40.6 Å². The van der Waals surface area contributed by atoms with E-state index in [-0.39, 0.29) is 13.2 Å². The van der Waals surface area contributed by atoms with E-state index in [0.717, 1.165) is 30.6 Å². The molecule has 0 bridgehead atoms. The van der Waals surface area contributed by atoms with E-state index in [2.05, 4.69) is 46.2 Å². The number of nitrogens with zero attached hydrogens (tertiary/aromatic N) is 4. The first-order chi connectivity index (χ1) is 20.8. The summed E-state index contributed by atoms with van der Waals surface area (Å²) in [6, 6.07) is 5.33. The molecule has 248 valence electrons. The van der Waals surface area contributed by atoms with Crippen molar-refractivity contribution in [3.8, 4) is 11.5 Å². The van der Waals surface area contributed by atoms with E-state index in [4.69, 9.17) is 24.3 Å². The number of esters is 1. The first-order valence-corrected chi connectivity index (χ1v) is 23.9. The molecule has 0 radical (unpaired) electrons. The number of rotatable bonds is 13. The van der Waals surface area contributed by atoms with E-state index < -0.39 is 33.5 Å². The van der Waals surface area contributed by atoms with Gasteiger partial charge >= 0.3 is 5.97 Å². The normalized spacial score (nSPS) is 19.9. The second-order valence-corrected chi connectivity index (χ2v) is 28.2. The van der Waals surface area contributed by atoms with E-state index >= 15 is 4.39 Å². The number of benzene rings is 1. The molecule has 5 rings (SSSR count). The van der Waals surface area contributed by atoms with E-state index in [1.54, 1.807) is 6.07 Å². The number of ether oxygens (including phenoxy) is 3. The van der Waals surface area contributed by atoms with Crippen molar-refractivity contribution in [3.05, 3.63) is 34.8 Å². The fourth-order valence-electron chi connectivity index (χ4n) is 6.19. The molecule has 2 aliphatic carbocycles. The number of carbonyl (C=O) groups is 1. The molecular formula is C34H53FN4O4Si2. The lowest BCUT2D eigenvalue weighted by atomic mass is 9.87. The van der Waals surface area contributed by atoms with Crippen LogP contribution in [0.4, 0.5) is 4.39 Å². The van der Waals surface area contributed by atoms with Gasteiger partial charge in [0.1, 0.15) is 36.1 Å². The Labute approximate surface area is 270 Å². The van der Waals surface area contributed by atoms with Crippen LogP contribution in [-0.4, -0.2) is 60.3 Å². The van der Waals surface area contributed by atoms with Crippen molar-refractivity contribution in [3.63, 3.8) is 0 Å². The Morgan fingerprint density at radius 2 is 1.69 bits per heavy atom. The summed E-state index contributed by atoms with van der Waals surface area (Å²) in [5.41, 5.74) is 4.26. The summed E-state index contributed by atoms with van der Waals surface area (Å²) in [6.45, 7) is 23.7. The summed E-state index contributed by atoms with van der Waals surface area (Å²) in [5, 5.41) is 5.12. The van der Waals surface area contributed by atoms with Crippen LogP contribution in [0.1, 0.15) is 50.9 Å². The first-order valence-electron chi connectivity index (χ1n) is 16.5. The van der Waals surface area contributed by atoms with Gasteiger partial charge in [0.05, 0.1) is 11.9 Å². The lowest BCUT2D eigenvalue weighted by Crippen LogP contribution is -2.24. The van der Waals surface area contributed by atoms with Crippen LogP contribution in [0.25, 0.3) is 22.6 Å². The average Bonchev–Trinajstić information content (AvgIpc) is 3.22. The van der Waals surface area contributed by atoms with Crippen molar-refractivity contribution in [1.82, 2.24) is 19.3 Å². The summed E-state index contributed by atoms with van der Waals surface area (Å²) in [7, 11) is -2.53. The number of aromatic nitrogens is 4. The van der Waals surface area contributed by atoms with Crippen LogP contribution in [0.15, 0.2) is 12.1 Å². The van der Waals surface area contributed by atoms with Crippen LogP contribution >= 0.6 is 0 Å². The van der Waals surface area contributed by atoms with Crippen molar-refractivity contribution in [2.24, 2.45) is 11.3 Å². The average molecular weight is 657 g/mol. The van der Waals surface area contributed by atoms with Crippen LogP contribution in [0.2, 0.25) is 51.4 Å². The molecule has 2 heterocycles. The Balaban J connectivity index is 1.53. The summed E-state index contributed by atoms with van der Waals surface area (Å²) >= 11 is 0. The number of hydrogen-bond donors (Lipinski definition) is 0. The first kappa shape index (κ1) is 34.0. The second-order valence-electron chi connectivity index (χ2n) is 17.0.